The first-order valence-electron chi connectivity index (χ1n) is 6.95. The van der Waals surface area contributed by atoms with Crippen molar-refractivity contribution in [2.45, 2.75) is 13.1 Å². The lowest BCUT2D eigenvalue weighted by Gasteiger charge is -2.36. The SMILES string of the molecule is Cc1cccc(C2Nc3ccccc3C(=O)N2NS(C)(=O)=O)n1. The average molecular weight is 332 g/mol. The van der Waals surface area contributed by atoms with Crippen molar-refractivity contribution >= 4 is 21.6 Å². The molecule has 23 heavy (non-hydrogen) atoms. The fraction of sp³-hybridized carbons (Fsp3) is 0.200. The molecule has 3 rings (SSSR count). The molecule has 0 saturated carbocycles. The Hall–Kier alpha value is -2.45. The maximum absolute atomic E-state index is 12.7. The summed E-state index contributed by atoms with van der Waals surface area (Å²) in [6, 6.07) is 12.3. The summed E-state index contributed by atoms with van der Waals surface area (Å²) in [5.41, 5.74) is 2.35. The van der Waals surface area contributed by atoms with Gasteiger partial charge >= 0.3 is 0 Å². The molecule has 0 radical (unpaired) electrons. The fourth-order valence-corrected chi connectivity index (χ4v) is 3.00. The number of hydrogen-bond acceptors (Lipinski definition) is 5. The third kappa shape index (κ3) is 3.17. The molecular formula is C15H16N4O3S. The lowest BCUT2D eigenvalue weighted by atomic mass is 10.1. The highest BCUT2D eigenvalue weighted by molar-refractivity contribution is 7.88. The molecule has 1 aromatic heterocycles. The highest BCUT2D eigenvalue weighted by Crippen LogP contribution is 2.31. The second-order valence-electron chi connectivity index (χ2n) is 5.33. The molecule has 1 aliphatic heterocycles. The number of rotatable bonds is 3. The fourth-order valence-electron chi connectivity index (χ4n) is 2.45. The zero-order chi connectivity index (χ0) is 16.6. The maximum atomic E-state index is 12.7. The Kier molecular flexibility index (Phi) is 3.78. The number of hydrazine groups is 1. The number of carbonyl (C=O) groups excluding carboxylic acids is 1. The Morgan fingerprint density at radius 1 is 1.17 bits per heavy atom. The van der Waals surface area contributed by atoms with Crippen molar-refractivity contribution in [1.29, 1.82) is 0 Å². The molecule has 1 unspecified atom stereocenters. The van der Waals surface area contributed by atoms with E-state index in [0.29, 0.717) is 16.9 Å². The van der Waals surface area contributed by atoms with Crippen LogP contribution in [0.3, 0.4) is 0 Å². The van der Waals surface area contributed by atoms with E-state index in [1.54, 1.807) is 30.3 Å². The number of para-hydroxylation sites is 1. The summed E-state index contributed by atoms with van der Waals surface area (Å²) in [6.45, 7) is 1.83. The number of nitrogens with zero attached hydrogens (tertiary/aromatic N) is 2. The van der Waals surface area contributed by atoms with Crippen molar-refractivity contribution in [2.75, 3.05) is 11.6 Å². The number of aryl methyl sites for hydroxylation is 1. The largest absolute Gasteiger partial charge is 0.358 e. The predicted molar refractivity (Wildman–Crippen MR) is 85.9 cm³/mol. The van der Waals surface area contributed by atoms with E-state index in [1.807, 2.05) is 19.1 Å². The molecule has 0 saturated heterocycles. The van der Waals surface area contributed by atoms with E-state index in [2.05, 4.69) is 15.1 Å². The van der Waals surface area contributed by atoms with Gasteiger partial charge in [-0.2, -0.15) is 0 Å². The van der Waals surface area contributed by atoms with E-state index in [1.165, 1.54) is 0 Å². The Morgan fingerprint density at radius 2 is 1.91 bits per heavy atom. The topological polar surface area (TPSA) is 91.4 Å². The molecule has 1 aliphatic rings. The van der Waals surface area contributed by atoms with Crippen LogP contribution in [0.4, 0.5) is 5.69 Å². The van der Waals surface area contributed by atoms with E-state index in [9.17, 15) is 13.2 Å². The predicted octanol–water partition coefficient (Wildman–Crippen LogP) is 1.42. The van der Waals surface area contributed by atoms with Crippen LogP contribution in [-0.2, 0) is 10.0 Å². The standard InChI is InChI=1S/C15H16N4O3S/c1-10-6-5-9-13(16-10)14-17-12-8-4-3-7-11(12)15(20)19(14)18-23(2,21)22/h3-9,14,17-18H,1-2H3. The van der Waals surface area contributed by atoms with Crippen molar-refractivity contribution in [3.8, 4) is 0 Å². The second-order valence-corrected chi connectivity index (χ2v) is 7.06. The van der Waals surface area contributed by atoms with Crippen LogP contribution in [-0.4, -0.2) is 30.6 Å². The van der Waals surface area contributed by atoms with Crippen molar-refractivity contribution in [1.82, 2.24) is 14.8 Å². The molecule has 1 atom stereocenters. The highest BCUT2D eigenvalue weighted by Gasteiger charge is 2.35. The molecule has 7 nitrogen and oxygen atoms in total. The molecule has 1 aromatic carbocycles. The zero-order valence-corrected chi connectivity index (χ0v) is 13.5. The van der Waals surface area contributed by atoms with Crippen LogP contribution in [0.2, 0.25) is 0 Å². The van der Waals surface area contributed by atoms with Crippen LogP contribution < -0.4 is 10.1 Å². The van der Waals surface area contributed by atoms with Gasteiger partial charge in [-0.15, -0.1) is 4.83 Å². The summed E-state index contributed by atoms with van der Waals surface area (Å²) in [5, 5.41) is 4.21. The Bertz CT molecular complexity index is 867. The molecule has 2 heterocycles. The third-order valence-corrected chi connectivity index (χ3v) is 3.91. The summed E-state index contributed by atoms with van der Waals surface area (Å²) in [5.74, 6) is -0.432. The van der Waals surface area contributed by atoms with Crippen LogP contribution in [0, 0.1) is 6.92 Å². The second kappa shape index (κ2) is 5.64. The maximum Gasteiger partial charge on any atom is 0.273 e. The van der Waals surface area contributed by atoms with Gasteiger partial charge in [0.25, 0.3) is 5.91 Å². The molecule has 0 fully saturated rings. The van der Waals surface area contributed by atoms with Crippen molar-refractivity contribution in [3.63, 3.8) is 0 Å². The average Bonchev–Trinajstić information content (AvgIpc) is 2.49. The van der Waals surface area contributed by atoms with Crippen LogP contribution in [0.25, 0.3) is 0 Å². The minimum Gasteiger partial charge on any atom is -0.358 e. The third-order valence-electron chi connectivity index (χ3n) is 3.38. The van der Waals surface area contributed by atoms with Crippen LogP contribution in [0.15, 0.2) is 42.5 Å². The molecule has 0 spiro atoms. The van der Waals surface area contributed by atoms with E-state index in [0.717, 1.165) is 17.0 Å². The van der Waals surface area contributed by atoms with Gasteiger partial charge in [-0.3, -0.25) is 9.78 Å². The van der Waals surface area contributed by atoms with Crippen molar-refractivity contribution in [3.05, 3.63) is 59.4 Å². The smallest absolute Gasteiger partial charge is 0.273 e. The number of fused-ring (bicyclic) bond motifs is 1. The summed E-state index contributed by atoms with van der Waals surface area (Å²) in [7, 11) is -3.62. The van der Waals surface area contributed by atoms with Crippen LogP contribution in [0.5, 0.6) is 0 Å². The molecule has 2 N–H and O–H groups in total. The summed E-state index contributed by atoms with van der Waals surface area (Å²) >= 11 is 0. The summed E-state index contributed by atoms with van der Waals surface area (Å²) in [6.07, 6.45) is 0.272. The lowest BCUT2D eigenvalue weighted by Crippen LogP contribution is -2.52. The number of sulfonamides is 1. The number of amides is 1. The van der Waals surface area contributed by atoms with Gasteiger partial charge < -0.3 is 5.32 Å². The van der Waals surface area contributed by atoms with Crippen molar-refractivity contribution in [2.24, 2.45) is 0 Å². The molecule has 8 heteroatoms. The van der Waals surface area contributed by atoms with Gasteiger partial charge in [0, 0.05) is 11.4 Å². The molecule has 0 aliphatic carbocycles. The van der Waals surface area contributed by atoms with Gasteiger partial charge in [0.15, 0.2) is 6.17 Å². The van der Waals surface area contributed by atoms with Gasteiger partial charge in [-0.05, 0) is 31.2 Å². The Labute approximate surface area is 134 Å². The number of carbonyl (C=O) groups is 1. The Morgan fingerprint density at radius 3 is 2.61 bits per heavy atom. The quantitative estimate of drug-likeness (QED) is 0.887. The van der Waals surface area contributed by atoms with E-state index < -0.39 is 22.1 Å². The highest BCUT2D eigenvalue weighted by atomic mass is 32.2. The molecule has 0 bridgehead atoms. The number of anilines is 1. The first-order chi connectivity index (χ1) is 10.8. The number of pyridine rings is 1. The normalized spacial score (nSPS) is 17.6. The van der Waals surface area contributed by atoms with Gasteiger partial charge in [-0.1, -0.05) is 18.2 Å². The number of benzene rings is 1. The summed E-state index contributed by atoms with van der Waals surface area (Å²) in [4.78, 5) is 19.4. The molecule has 1 amide bonds. The first-order valence-corrected chi connectivity index (χ1v) is 8.84. The molecular weight excluding hydrogens is 316 g/mol. The molecule has 2 aromatic rings. The number of nitrogens with one attached hydrogen (secondary N) is 2. The van der Waals surface area contributed by atoms with Gasteiger partial charge in [0.05, 0.1) is 17.5 Å². The Balaban J connectivity index is 2.09. The minimum atomic E-state index is -3.62. The van der Waals surface area contributed by atoms with Crippen LogP contribution >= 0.6 is 0 Å². The molecule has 120 valence electrons. The number of hydrogen-bond donors (Lipinski definition) is 2. The number of aromatic nitrogens is 1. The van der Waals surface area contributed by atoms with Crippen LogP contribution in [0.1, 0.15) is 27.9 Å². The zero-order valence-electron chi connectivity index (χ0n) is 12.6. The van der Waals surface area contributed by atoms with E-state index in [4.69, 9.17) is 0 Å². The van der Waals surface area contributed by atoms with Gasteiger partial charge in [0.1, 0.15) is 0 Å². The lowest BCUT2D eigenvalue weighted by molar-refractivity contribution is 0.0629. The van der Waals surface area contributed by atoms with E-state index in [-0.39, 0.29) is 0 Å². The van der Waals surface area contributed by atoms with E-state index >= 15 is 0 Å². The summed E-state index contributed by atoms with van der Waals surface area (Å²) < 4.78 is 23.3. The van der Waals surface area contributed by atoms with Gasteiger partial charge in [-0.25, -0.2) is 13.4 Å². The van der Waals surface area contributed by atoms with Crippen molar-refractivity contribution < 1.29 is 13.2 Å². The van der Waals surface area contributed by atoms with Gasteiger partial charge in [0.2, 0.25) is 10.0 Å². The monoisotopic (exact) mass is 332 g/mol. The minimum absolute atomic E-state index is 0.396. The first kappa shape index (κ1) is 15.4.